The maximum atomic E-state index is 12.2. The first kappa shape index (κ1) is 15.3. The van der Waals surface area contributed by atoms with Crippen LogP contribution in [0.5, 0.6) is 0 Å². The standard InChI is InChI=1S/C15H19N3O2S/c1-9-5-4-6-10-12(16)14(21-13(9)10)15(20)17-8-7-11(19)18(2)3/h4-6H,7-8,16H2,1-3H3,(H,17,20). The molecule has 0 saturated heterocycles. The van der Waals surface area contributed by atoms with E-state index in [0.29, 0.717) is 17.1 Å². The Hall–Kier alpha value is -2.08. The number of nitrogens with zero attached hydrogens (tertiary/aromatic N) is 1. The van der Waals surface area contributed by atoms with Gasteiger partial charge in [0.1, 0.15) is 4.88 Å². The number of hydrogen-bond donors (Lipinski definition) is 2. The predicted octanol–water partition coefficient (Wildman–Crippen LogP) is 2.00. The van der Waals surface area contributed by atoms with Crippen LogP contribution in [0.25, 0.3) is 10.1 Å². The fraction of sp³-hybridized carbons (Fsp3) is 0.333. The normalized spacial score (nSPS) is 10.6. The van der Waals surface area contributed by atoms with Crippen molar-refractivity contribution in [1.82, 2.24) is 10.2 Å². The summed E-state index contributed by atoms with van der Waals surface area (Å²) in [5.74, 6) is -0.241. The van der Waals surface area contributed by atoms with E-state index in [1.807, 2.05) is 25.1 Å². The number of nitrogens with one attached hydrogen (secondary N) is 1. The van der Waals surface area contributed by atoms with Crippen LogP contribution >= 0.6 is 11.3 Å². The van der Waals surface area contributed by atoms with E-state index in [2.05, 4.69) is 5.32 Å². The Morgan fingerprint density at radius 1 is 1.33 bits per heavy atom. The Balaban J connectivity index is 2.11. The van der Waals surface area contributed by atoms with Gasteiger partial charge in [-0.05, 0) is 12.5 Å². The molecule has 1 aromatic carbocycles. The highest BCUT2D eigenvalue weighted by Gasteiger charge is 2.17. The van der Waals surface area contributed by atoms with Crippen molar-refractivity contribution in [3.05, 3.63) is 28.6 Å². The molecule has 2 amide bonds. The summed E-state index contributed by atoms with van der Waals surface area (Å²) in [6.07, 6.45) is 0.280. The summed E-state index contributed by atoms with van der Waals surface area (Å²) in [5.41, 5.74) is 7.68. The second kappa shape index (κ2) is 6.13. The molecular formula is C15H19N3O2S. The summed E-state index contributed by atoms with van der Waals surface area (Å²) in [7, 11) is 3.38. The number of aryl methyl sites for hydroxylation is 1. The zero-order valence-electron chi connectivity index (χ0n) is 12.4. The molecule has 0 radical (unpaired) electrons. The van der Waals surface area contributed by atoms with Crippen molar-refractivity contribution in [1.29, 1.82) is 0 Å². The molecule has 6 heteroatoms. The minimum absolute atomic E-state index is 0.0181. The largest absolute Gasteiger partial charge is 0.397 e. The zero-order chi connectivity index (χ0) is 15.6. The molecule has 1 heterocycles. The van der Waals surface area contributed by atoms with Gasteiger partial charge in [0.25, 0.3) is 5.91 Å². The number of amides is 2. The van der Waals surface area contributed by atoms with E-state index in [1.165, 1.54) is 16.2 Å². The molecule has 5 nitrogen and oxygen atoms in total. The van der Waals surface area contributed by atoms with E-state index in [4.69, 9.17) is 5.73 Å². The first-order chi connectivity index (χ1) is 9.91. The smallest absolute Gasteiger partial charge is 0.263 e. The van der Waals surface area contributed by atoms with E-state index < -0.39 is 0 Å². The summed E-state index contributed by atoms with van der Waals surface area (Å²) in [6.45, 7) is 2.30. The van der Waals surface area contributed by atoms with Crippen molar-refractivity contribution >= 4 is 38.9 Å². The highest BCUT2D eigenvalue weighted by Crippen LogP contribution is 2.35. The molecule has 2 rings (SSSR count). The van der Waals surface area contributed by atoms with E-state index in [9.17, 15) is 9.59 Å². The molecule has 0 saturated carbocycles. The monoisotopic (exact) mass is 305 g/mol. The second-order valence-corrected chi connectivity index (χ2v) is 6.11. The Morgan fingerprint density at radius 2 is 2.05 bits per heavy atom. The van der Waals surface area contributed by atoms with Crippen LogP contribution in [0.3, 0.4) is 0 Å². The number of thiophene rings is 1. The maximum absolute atomic E-state index is 12.2. The van der Waals surface area contributed by atoms with Gasteiger partial charge in [0, 0.05) is 37.1 Å². The summed E-state index contributed by atoms with van der Waals surface area (Å²) in [5, 5.41) is 3.66. The first-order valence-corrected chi connectivity index (χ1v) is 7.49. The van der Waals surface area contributed by atoms with Crippen LogP contribution in [0.15, 0.2) is 18.2 Å². The van der Waals surface area contributed by atoms with Gasteiger partial charge in [-0.3, -0.25) is 9.59 Å². The van der Waals surface area contributed by atoms with Crippen molar-refractivity contribution in [2.45, 2.75) is 13.3 Å². The quantitative estimate of drug-likeness (QED) is 0.907. The van der Waals surface area contributed by atoms with Gasteiger partial charge in [0.05, 0.1) is 5.69 Å². The Kier molecular flexibility index (Phi) is 4.47. The lowest BCUT2D eigenvalue weighted by Crippen LogP contribution is -2.30. The van der Waals surface area contributed by atoms with E-state index in [-0.39, 0.29) is 18.2 Å². The molecule has 0 fully saturated rings. The first-order valence-electron chi connectivity index (χ1n) is 6.67. The topological polar surface area (TPSA) is 75.4 Å². The van der Waals surface area contributed by atoms with Gasteiger partial charge < -0.3 is 16.0 Å². The van der Waals surface area contributed by atoms with Gasteiger partial charge in [0.15, 0.2) is 0 Å². The van der Waals surface area contributed by atoms with Gasteiger partial charge in [-0.2, -0.15) is 0 Å². The van der Waals surface area contributed by atoms with Crippen LogP contribution in [0.4, 0.5) is 5.69 Å². The number of hydrogen-bond acceptors (Lipinski definition) is 4. The minimum atomic E-state index is -0.223. The molecule has 0 spiro atoms. The van der Waals surface area contributed by atoms with E-state index in [0.717, 1.165) is 15.6 Å². The molecule has 21 heavy (non-hydrogen) atoms. The highest BCUT2D eigenvalue weighted by molar-refractivity contribution is 7.21. The number of fused-ring (bicyclic) bond motifs is 1. The predicted molar refractivity (Wildman–Crippen MR) is 86.6 cm³/mol. The van der Waals surface area contributed by atoms with Crippen molar-refractivity contribution in [2.24, 2.45) is 0 Å². The Labute approximate surface area is 127 Å². The molecule has 3 N–H and O–H groups in total. The fourth-order valence-corrected chi connectivity index (χ4v) is 3.14. The average Bonchev–Trinajstić information content (AvgIpc) is 2.77. The van der Waals surface area contributed by atoms with Crippen LogP contribution in [-0.2, 0) is 4.79 Å². The van der Waals surface area contributed by atoms with Gasteiger partial charge in [-0.25, -0.2) is 0 Å². The van der Waals surface area contributed by atoms with Crippen molar-refractivity contribution in [3.8, 4) is 0 Å². The lowest BCUT2D eigenvalue weighted by molar-refractivity contribution is -0.128. The highest BCUT2D eigenvalue weighted by atomic mass is 32.1. The number of anilines is 1. The Bertz CT molecular complexity index is 692. The number of nitrogens with two attached hydrogens (primary N) is 1. The molecular weight excluding hydrogens is 286 g/mol. The third-order valence-electron chi connectivity index (χ3n) is 3.28. The zero-order valence-corrected chi connectivity index (χ0v) is 13.2. The lowest BCUT2D eigenvalue weighted by atomic mass is 10.1. The SMILES string of the molecule is Cc1cccc2c(N)c(C(=O)NCCC(=O)N(C)C)sc12. The minimum Gasteiger partial charge on any atom is -0.397 e. The lowest BCUT2D eigenvalue weighted by Gasteiger charge is -2.10. The summed E-state index contributed by atoms with van der Waals surface area (Å²) in [4.78, 5) is 25.7. The maximum Gasteiger partial charge on any atom is 0.263 e. The van der Waals surface area contributed by atoms with Crippen LogP contribution in [0.1, 0.15) is 21.7 Å². The molecule has 0 aliphatic carbocycles. The second-order valence-electron chi connectivity index (χ2n) is 5.09. The molecule has 0 aliphatic rings. The number of nitrogen functional groups attached to an aromatic ring is 1. The molecule has 0 unspecified atom stereocenters. The summed E-state index contributed by atoms with van der Waals surface area (Å²) in [6, 6.07) is 5.84. The number of rotatable bonds is 4. The molecule has 112 valence electrons. The summed E-state index contributed by atoms with van der Waals surface area (Å²) < 4.78 is 1.03. The van der Waals surface area contributed by atoms with Gasteiger partial charge >= 0.3 is 0 Å². The molecule has 0 atom stereocenters. The Morgan fingerprint density at radius 3 is 2.67 bits per heavy atom. The fourth-order valence-electron chi connectivity index (χ4n) is 2.03. The van der Waals surface area contributed by atoms with Crippen molar-refractivity contribution in [2.75, 3.05) is 26.4 Å². The number of benzene rings is 1. The van der Waals surface area contributed by atoms with E-state index >= 15 is 0 Å². The van der Waals surface area contributed by atoms with E-state index in [1.54, 1.807) is 14.1 Å². The number of carbonyl (C=O) groups excluding carboxylic acids is 2. The summed E-state index contributed by atoms with van der Waals surface area (Å²) >= 11 is 1.39. The molecule has 2 aromatic rings. The third kappa shape index (κ3) is 3.16. The van der Waals surface area contributed by atoms with Crippen LogP contribution in [0, 0.1) is 6.92 Å². The van der Waals surface area contributed by atoms with Crippen LogP contribution < -0.4 is 11.1 Å². The van der Waals surface area contributed by atoms with Crippen LogP contribution in [0.2, 0.25) is 0 Å². The van der Waals surface area contributed by atoms with Gasteiger partial charge in [-0.1, -0.05) is 18.2 Å². The molecule has 0 bridgehead atoms. The van der Waals surface area contributed by atoms with Gasteiger partial charge in [-0.15, -0.1) is 11.3 Å². The van der Waals surface area contributed by atoms with Crippen molar-refractivity contribution < 1.29 is 9.59 Å². The molecule has 0 aliphatic heterocycles. The van der Waals surface area contributed by atoms with Crippen LogP contribution in [-0.4, -0.2) is 37.4 Å². The van der Waals surface area contributed by atoms with Crippen molar-refractivity contribution in [3.63, 3.8) is 0 Å². The molecule has 1 aromatic heterocycles. The third-order valence-corrected chi connectivity index (χ3v) is 4.64. The average molecular weight is 305 g/mol. The number of carbonyl (C=O) groups is 2. The van der Waals surface area contributed by atoms with Gasteiger partial charge in [0.2, 0.25) is 5.91 Å².